The van der Waals surface area contributed by atoms with E-state index in [4.69, 9.17) is 9.84 Å². The van der Waals surface area contributed by atoms with Crippen LogP contribution in [-0.4, -0.2) is 16.2 Å². The smallest absolute Gasteiger partial charge is 0.138 e. The highest BCUT2D eigenvalue weighted by Crippen LogP contribution is 2.26. The molecular formula is C13H19NO2. The fourth-order valence-electron chi connectivity index (χ4n) is 2.11. The molecule has 3 nitrogen and oxygen atoms in total. The van der Waals surface area contributed by atoms with E-state index in [1.54, 1.807) is 12.3 Å². The molecule has 1 N–H and O–H groups in total. The molecule has 0 aliphatic heterocycles. The number of aliphatic hydroxyl groups is 1. The van der Waals surface area contributed by atoms with Crippen LogP contribution in [0.25, 0.3) is 0 Å². The lowest BCUT2D eigenvalue weighted by Crippen LogP contribution is -2.23. The molecule has 1 aromatic heterocycles. The van der Waals surface area contributed by atoms with Gasteiger partial charge in [0.15, 0.2) is 0 Å². The monoisotopic (exact) mass is 221 g/mol. The summed E-state index contributed by atoms with van der Waals surface area (Å²) in [4.78, 5) is 4.10. The van der Waals surface area contributed by atoms with Gasteiger partial charge in [-0.3, -0.25) is 4.98 Å². The second-order valence-corrected chi connectivity index (χ2v) is 4.64. The normalized spacial score (nSPS) is 25.4. The van der Waals surface area contributed by atoms with Crippen LogP contribution < -0.4 is 4.74 Å². The van der Waals surface area contributed by atoms with Crippen LogP contribution in [0, 0.1) is 5.92 Å². The van der Waals surface area contributed by atoms with Crippen LogP contribution in [0.5, 0.6) is 5.75 Å². The Bertz CT molecular complexity index is 315. The Kier molecular flexibility index (Phi) is 3.78. The molecular weight excluding hydrogens is 202 g/mol. The number of rotatable bonds is 3. The zero-order valence-corrected chi connectivity index (χ0v) is 9.72. The minimum Gasteiger partial charge on any atom is -0.489 e. The van der Waals surface area contributed by atoms with Gasteiger partial charge in [0.1, 0.15) is 5.75 Å². The van der Waals surface area contributed by atoms with Crippen LogP contribution in [0.4, 0.5) is 0 Å². The SMILES string of the molecule is CC1CCC(Oc2ccc(CO)nc2)CC1. The molecule has 0 spiro atoms. The number of nitrogens with zero attached hydrogens (tertiary/aromatic N) is 1. The predicted molar refractivity (Wildman–Crippen MR) is 62.2 cm³/mol. The van der Waals surface area contributed by atoms with Gasteiger partial charge in [-0.05, 0) is 43.7 Å². The van der Waals surface area contributed by atoms with Gasteiger partial charge in [-0.25, -0.2) is 0 Å². The maximum atomic E-state index is 8.88. The highest BCUT2D eigenvalue weighted by atomic mass is 16.5. The van der Waals surface area contributed by atoms with Crippen molar-refractivity contribution in [3.8, 4) is 5.75 Å². The molecule has 1 heterocycles. The van der Waals surface area contributed by atoms with Gasteiger partial charge < -0.3 is 9.84 Å². The van der Waals surface area contributed by atoms with E-state index in [2.05, 4.69) is 11.9 Å². The van der Waals surface area contributed by atoms with Crippen molar-refractivity contribution in [3.63, 3.8) is 0 Å². The van der Waals surface area contributed by atoms with Gasteiger partial charge in [0.2, 0.25) is 0 Å². The minimum absolute atomic E-state index is 0.0127. The lowest BCUT2D eigenvalue weighted by Gasteiger charge is -2.26. The molecule has 2 rings (SSSR count). The molecule has 3 heteroatoms. The lowest BCUT2D eigenvalue weighted by atomic mass is 9.89. The maximum absolute atomic E-state index is 8.88. The summed E-state index contributed by atoms with van der Waals surface area (Å²) >= 11 is 0. The molecule has 16 heavy (non-hydrogen) atoms. The van der Waals surface area contributed by atoms with E-state index in [1.807, 2.05) is 6.07 Å². The molecule has 0 bridgehead atoms. The summed E-state index contributed by atoms with van der Waals surface area (Å²) in [5.74, 6) is 1.66. The Morgan fingerprint density at radius 1 is 1.31 bits per heavy atom. The van der Waals surface area contributed by atoms with E-state index in [9.17, 15) is 0 Å². The Hall–Kier alpha value is -1.09. The van der Waals surface area contributed by atoms with Crippen LogP contribution in [-0.2, 0) is 6.61 Å². The summed E-state index contributed by atoms with van der Waals surface area (Å²) in [5.41, 5.74) is 0.685. The van der Waals surface area contributed by atoms with Gasteiger partial charge in [-0.1, -0.05) is 6.92 Å². The van der Waals surface area contributed by atoms with Crippen molar-refractivity contribution >= 4 is 0 Å². The minimum atomic E-state index is -0.0127. The molecule has 1 aliphatic rings. The first kappa shape index (κ1) is 11.4. The van der Waals surface area contributed by atoms with Gasteiger partial charge in [-0.15, -0.1) is 0 Å². The van der Waals surface area contributed by atoms with Gasteiger partial charge in [0.25, 0.3) is 0 Å². The van der Waals surface area contributed by atoms with Crippen LogP contribution in [0.2, 0.25) is 0 Å². The number of pyridine rings is 1. The third kappa shape index (κ3) is 2.95. The molecule has 1 aromatic rings. The zero-order valence-electron chi connectivity index (χ0n) is 9.72. The van der Waals surface area contributed by atoms with Crippen molar-refractivity contribution in [1.82, 2.24) is 4.98 Å². The topological polar surface area (TPSA) is 42.4 Å². The third-order valence-electron chi connectivity index (χ3n) is 3.23. The van der Waals surface area contributed by atoms with Crippen LogP contribution in [0.3, 0.4) is 0 Å². The van der Waals surface area contributed by atoms with Crippen molar-refractivity contribution in [3.05, 3.63) is 24.0 Å². The molecule has 0 unspecified atom stereocenters. The van der Waals surface area contributed by atoms with Gasteiger partial charge >= 0.3 is 0 Å². The highest BCUT2D eigenvalue weighted by molar-refractivity contribution is 5.19. The number of ether oxygens (including phenoxy) is 1. The molecule has 1 fully saturated rings. The average Bonchev–Trinajstić information content (AvgIpc) is 2.33. The Balaban J connectivity index is 1.88. The summed E-state index contributed by atoms with van der Waals surface area (Å²) in [5, 5.41) is 8.88. The molecule has 0 atom stereocenters. The lowest BCUT2D eigenvalue weighted by molar-refractivity contribution is 0.135. The first-order valence-corrected chi connectivity index (χ1v) is 6.00. The van der Waals surface area contributed by atoms with Crippen molar-refractivity contribution in [1.29, 1.82) is 0 Å². The van der Waals surface area contributed by atoms with Crippen molar-refractivity contribution in [2.24, 2.45) is 5.92 Å². The number of aliphatic hydroxyl groups excluding tert-OH is 1. The summed E-state index contributed by atoms with van der Waals surface area (Å²) in [6.07, 6.45) is 6.84. The second kappa shape index (κ2) is 5.30. The molecule has 0 amide bonds. The van der Waals surface area contributed by atoms with Gasteiger partial charge in [0.05, 0.1) is 24.6 Å². The molecule has 88 valence electrons. The maximum Gasteiger partial charge on any atom is 0.138 e. The Labute approximate surface area is 96.5 Å². The summed E-state index contributed by atoms with van der Waals surface area (Å²) < 4.78 is 5.86. The van der Waals surface area contributed by atoms with E-state index < -0.39 is 0 Å². The standard InChI is InChI=1S/C13H19NO2/c1-10-2-5-12(6-3-10)16-13-7-4-11(9-15)14-8-13/h4,7-8,10,12,15H,2-3,5-6,9H2,1H3. The summed E-state index contributed by atoms with van der Waals surface area (Å²) in [7, 11) is 0. The molecule has 0 aromatic carbocycles. The largest absolute Gasteiger partial charge is 0.489 e. The van der Waals surface area contributed by atoms with E-state index in [0.29, 0.717) is 11.8 Å². The number of hydrogen-bond donors (Lipinski definition) is 1. The van der Waals surface area contributed by atoms with E-state index in [-0.39, 0.29) is 6.61 Å². The summed E-state index contributed by atoms with van der Waals surface area (Å²) in [6.45, 7) is 2.29. The van der Waals surface area contributed by atoms with Crippen LogP contribution in [0.15, 0.2) is 18.3 Å². The molecule has 0 radical (unpaired) electrons. The predicted octanol–water partition coefficient (Wildman–Crippen LogP) is 2.53. The van der Waals surface area contributed by atoms with Crippen LogP contribution >= 0.6 is 0 Å². The highest BCUT2D eigenvalue weighted by Gasteiger charge is 2.19. The van der Waals surface area contributed by atoms with Crippen LogP contribution in [0.1, 0.15) is 38.3 Å². The first-order valence-electron chi connectivity index (χ1n) is 6.00. The van der Waals surface area contributed by atoms with E-state index >= 15 is 0 Å². The Morgan fingerprint density at radius 2 is 2.06 bits per heavy atom. The van der Waals surface area contributed by atoms with Gasteiger partial charge in [0, 0.05) is 0 Å². The zero-order chi connectivity index (χ0) is 11.4. The van der Waals surface area contributed by atoms with Gasteiger partial charge in [-0.2, -0.15) is 0 Å². The van der Waals surface area contributed by atoms with Crippen molar-refractivity contribution in [2.75, 3.05) is 0 Å². The molecule has 0 saturated heterocycles. The number of hydrogen-bond acceptors (Lipinski definition) is 3. The first-order chi connectivity index (χ1) is 7.78. The van der Waals surface area contributed by atoms with Crippen molar-refractivity contribution in [2.45, 2.75) is 45.3 Å². The van der Waals surface area contributed by atoms with Crippen molar-refractivity contribution < 1.29 is 9.84 Å². The average molecular weight is 221 g/mol. The quantitative estimate of drug-likeness (QED) is 0.852. The fraction of sp³-hybridized carbons (Fsp3) is 0.615. The number of aromatic nitrogens is 1. The van der Waals surface area contributed by atoms with E-state index in [0.717, 1.165) is 24.5 Å². The second-order valence-electron chi connectivity index (χ2n) is 4.64. The molecule has 1 aliphatic carbocycles. The fourth-order valence-corrected chi connectivity index (χ4v) is 2.11. The Morgan fingerprint density at radius 3 is 2.62 bits per heavy atom. The molecule has 1 saturated carbocycles. The van der Waals surface area contributed by atoms with E-state index in [1.165, 1.54) is 12.8 Å². The summed E-state index contributed by atoms with van der Waals surface area (Å²) in [6, 6.07) is 3.69. The third-order valence-corrected chi connectivity index (χ3v) is 3.23.